The third-order valence-corrected chi connectivity index (χ3v) is 8.81. The predicted octanol–water partition coefficient (Wildman–Crippen LogP) is 8.04. The number of amides is 2. The lowest BCUT2D eigenvalue weighted by Crippen LogP contribution is -2.22. The number of urea groups is 1. The monoisotopic (exact) mass is 798 g/mol. The van der Waals surface area contributed by atoms with Gasteiger partial charge >= 0.3 is 6.03 Å². The summed E-state index contributed by atoms with van der Waals surface area (Å²) in [5, 5.41) is 19.0. The fourth-order valence-corrected chi connectivity index (χ4v) is 6.17. The van der Waals surface area contributed by atoms with Crippen molar-refractivity contribution in [3.63, 3.8) is 0 Å². The van der Waals surface area contributed by atoms with Gasteiger partial charge in [0, 0.05) is 46.9 Å². The minimum absolute atomic E-state index is 0.0259. The molecule has 300 valence electrons. The Balaban J connectivity index is 1.30. The Morgan fingerprint density at radius 2 is 1.49 bits per heavy atom. The number of ether oxygens (including phenoxy) is 6. The minimum Gasteiger partial charge on any atom is -0.497 e. The highest BCUT2D eigenvalue weighted by molar-refractivity contribution is 7.92. The van der Waals surface area contributed by atoms with Crippen molar-refractivity contribution in [2.75, 3.05) is 74.2 Å². The van der Waals surface area contributed by atoms with Crippen molar-refractivity contribution < 1.29 is 41.6 Å². The lowest BCUT2D eigenvalue weighted by molar-refractivity contribution is 0.0459. The Morgan fingerprint density at radius 3 is 2.21 bits per heavy atom. The number of carbonyl (C=O) groups excluding carboxylic acids is 1. The Hall–Kier alpha value is -6.28. The number of aromatic nitrogens is 1. The number of anilines is 5. The standard InChI is InChI=1S/C41H46N6O9S/c1-41(2,3)27-21-35(39(52-5)36(22-27)47-57(6,49)50)46-40(48)45-34-11-12-37(33-10-8-7-9-32(33)34)56-29-13-15-43-38(26-29)44-28-23-30(51-4)25-31(24-28)55-20-19-54-18-17-53-16-14-42/h7-13,15,21-26,47H,16-20H2,1-6H3,(H,43,44)(H2,45,46,48). The van der Waals surface area contributed by atoms with Crippen molar-refractivity contribution in [3.8, 4) is 34.8 Å². The number of nitrogens with one attached hydrogen (secondary N) is 4. The maximum atomic E-state index is 13.5. The second kappa shape index (κ2) is 19.0. The molecule has 0 atom stereocenters. The molecule has 5 aromatic rings. The molecule has 15 nitrogen and oxygen atoms in total. The first kappa shape index (κ1) is 41.9. The van der Waals surface area contributed by atoms with Gasteiger partial charge in [-0.05, 0) is 41.3 Å². The molecule has 0 radical (unpaired) electrons. The van der Waals surface area contributed by atoms with Crippen LogP contribution >= 0.6 is 0 Å². The summed E-state index contributed by atoms with van der Waals surface area (Å²) >= 11 is 0. The molecule has 4 N–H and O–H groups in total. The topological polar surface area (TPSA) is 191 Å². The van der Waals surface area contributed by atoms with Gasteiger partial charge in [0.15, 0.2) is 5.75 Å². The normalized spacial score (nSPS) is 11.3. The molecular formula is C41H46N6O9S. The van der Waals surface area contributed by atoms with Crippen LogP contribution in [0.15, 0.2) is 85.1 Å². The number of benzene rings is 4. The molecule has 0 unspecified atom stereocenters. The van der Waals surface area contributed by atoms with Gasteiger partial charge < -0.3 is 44.4 Å². The molecule has 0 aliphatic rings. The summed E-state index contributed by atoms with van der Waals surface area (Å²) < 4.78 is 60.6. The molecular weight excluding hydrogens is 753 g/mol. The van der Waals surface area contributed by atoms with Gasteiger partial charge in [-0.2, -0.15) is 5.26 Å². The number of hydrogen-bond donors (Lipinski definition) is 4. The van der Waals surface area contributed by atoms with E-state index in [-0.39, 0.29) is 23.5 Å². The second-order valence-corrected chi connectivity index (χ2v) is 15.4. The Bertz CT molecular complexity index is 2340. The summed E-state index contributed by atoms with van der Waals surface area (Å²) in [6.07, 6.45) is 2.67. The van der Waals surface area contributed by atoms with E-state index < -0.39 is 16.1 Å². The Morgan fingerprint density at radius 1 is 0.789 bits per heavy atom. The number of hydrogen-bond acceptors (Lipinski definition) is 12. The smallest absolute Gasteiger partial charge is 0.323 e. The van der Waals surface area contributed by atoms with Crippen LogP contribution in [0.2, 0.25) is 0 Å². The molecule has 0 fully saturated rings. The van der Waals surface area contributed by atoms with E-state index in [0.717, 1.165) is 17.2 Å². The zero-order chi connectivity index (χ0) is 41.0. The van der Waals surface area contributed by atoms with Gasteiger partial charge in [0.2, 0.25) is 10.0 Å². The van der Waals surface area contributed by atoms with E-state index in [9.17, 15) is 13.2 Å². The third kappa shape index (κ3) is 12.1. The van der Waals surface area contributed by atoms with Crippen LogP contribution in [0.1, 0.15) is 26.3 Å². The average Bonchev–Trinajstić information content (AvgIpc) is 3.16. The van der Waals surface area contributed by atoms with Crippen LogP contribution in [-0.2, 0) is 24.9 Å². The van der Waals surface area contributed by atoms with Gasteiger partial charge in [-0.15, -0.1) is 0 Å². The summed E-state index contributed by atoms with van der Waals surface area (Å²) in [5.74, 6) is 2.87. The molecule has 0 aliphatic carbocycles. The molecule has 0 saturated heterocycles. The van der Waals surface area contributed by atoms with E-state index in [1.165, 1.54) is 7.11 Å². The third-order valence-electron chi connectivity index (χ3n) is 8.22. The van der Waals surface area contributed by atoms with E-state index in [1.807, 2.05) is 63.2 Å². The van der Waals surface area contributed by atoms with Crippen molar-refractivity contribution in [1.29, 1.82) is 5.26 Å². The van der Waals surface area contributed by atoms with Gasteiger partial charge in [-0.1, -0.05) is 45.0 Å². The van der Waals surface area contributed by atoms with Gasteiger partial charge in [0.05, 0.1) is 63.4 Å². The number of fused-ring (bicyclic) bond motifs is 1. The lowest BCUT2D eigenvalue weighted by Gasteiger charge is -2.24. The number of pyridine rings is 1. The Kier molecular flexibility index (Phi) is 14.0. The second-order valence-electron chi connectivity index (χ2n) is 13.6. The van der Waals surface area contributed by atoms with Crippen molar-refractivity contribution >= 4 is 55.4 Å². The van der Waals surface area contributed by atoms with Crippen LogP contribution in [0.25, 0.3) is 10.8 Å². The lowest BCUT2D eigenvalue weighted by atomic mass is 9.86. The fourth-order valence-electron chi connectivity index (χ4n) is 5.61. The minimum atomic E-state index is -3.64. The van der Waals surface area contributed by atoms with Crippen LogP contribution in [0, 0.1) is 11.3 Å². The molecule has 1 heterocycles. The summed E-state index contributed by atoms with van der Waals surface area (Å²) in [4.78, 5) is 18.0. The molecule has 0 bridgehead atoms. The van der Waals surface area contributed by atoms with Gasteiger partial charge in [0.1, 0.15) is 42.0 Å². The first-order chi connectivity index (χ1) is 27.3. The molecule has 2 amide bonds. The van der Waals surface area contributed by atoms with E-state index in [1.54, 1.807) is 55.8 Å². The first-order valence-electron chi connectivity index (χ1n) is 17.8. The van der Waals surface area contributed by atoms with Crippen LogP contribution < -0.4 is 39.6 Å². The molecule has 16 heteroatoms. The quantitative estimate of drug-likeness (QED) is 0.0625. The van der Waals surface area contributed by atoms with Crippen molar-refractivity contribution in [2.45, 2.75) is 26.2 Å². The largest absolute Gasteiger partial charge is 0.497 e. The van der Waals surface area contributed by atoms with E-state index in [4.69, 9.17) is 33.7 Å². The van der Waals surface area contributed by atoms with E-state index in [2.05, 4.69) is 25.7 Å². The number of rotatable bonds is 18. The maximum Gasteiger partial charge on any atom is 0.323 e. The number of nitrogens with zero attached hydrogens (tertiary/aromatic N) is 2. The van der Waals surface area contributed by atoms with Crippen LogP contribution in [0.5, 0.6) is 28.7 Å². The molecule has 0 spiro atoms. The first-order valence-corrected chi connectivity index (χ1v) is 19.7. The van der Waals surface area contributed by atoms with Crippen LogP contribution in [-0.4, -0.2) is 72.9 Å². The highest BCUT2D eigenvalue weighted by Crippen LogP contribution is 2.40. The SMILES string of the molecule is COc1cc(Nc2cc(Oc3ccc(NC(=O)Nc4cc(C(C)(C)C)cc(NS(C)(=O)=O)c4OC)c4ccccc34)ccn2)cc(OCCOCCOCC#N)c1. The van der Waals surface area contributed by atoms with E-state index in [0.29, 0.717) is 77.7 Å². The highest BCUT2D eigenvalue weighted by atomic mass is 32.2. The Labute approximate surface area is 332 Å². The van der Waals surface area contributed by atoms with Gasteiger partial charge in [0.25, 0.3) is 0 Å². The van der Waals surface area contributed by atoms with Crippen molar-refractivity contribution in [1.82, 2.24) is 4.98 Å². The molecule has 5 rings (SSSR count). The van der Waals surface area contributed by atoms with Crippen LogP contribution in [0.3, 0.4) is 0 Å². The predicted molar refractivity (Wildman–Crippen MR) is 220 cm³/mol. The molecule has 1 aromatic heterocycles. The number of methoxy groups -OCH3 is 2. The molecule has 4 aromatic carbocycles. The summed E-state index contributed by atoms with van der Waals surface area (Å²) in [7, 11) is -0.673. The summed E-state index contributed by atoms with van der Waals surface area (Å²) in [6, 6.07) is 24.7. The van der Waals surface area contributed by atoms with Crippen molar-refractivity contribution in [2.24, 2.45) is 0 Å². The average molecular weight is 799 g/mol. The summed E-state index contributed by atoms with van der Waals surface area (Å²) in [6.45, 7) is 7.29. The zero-order valence-corrected chi connectivity index (χ0v) is 33.4. The van der Waals surface area contributed by atoms with Crippen molar-refractivity contribution in [3.05, 3.63) is 90.6 Å². The highest BCUT2D eigenvalue weighted by Gasteiger charge is 2.22. The number of carbonyl (C=O) groups is 1. The maximum absolute atomic E-state index is 13.5. The molecule has 57 heavy (non-hydrogen) atoms. The molecule has 0 aliphatic heterocycles. The van der Waals surface area contributed by atoms with Crippen LogP contribution in [0.4, 0.5) is 33.4 Å². The zero-order valence-electron chi connectivity index (χ0n) is 32.6. The van der Waals surface area contributed by atoms with Gasteiger partial charge in [-0.3, -0.25) is 4.72 Å². The van der Waals surface area contributed by atoms with E-state index >= 15 is 0 Å². The fraction of sp³-hybridized carbons (Fsp3) is 0.293. The van der Waals surface area contributed by atoms with Gasteiger partial charge in [-0.25, -0.2) is 18.2 Å². The molecule has 0 saturated carbocycles. The number of sulfonamides is 1. The number of nitriles is 1. The summed E-state index contributed by atoms with van der Waals surface area (Å²) in [5.41, 5.74) is 2.10.